The van der Waals surface area contributed by atoms with Crippen molar-refractivity contribution in [2.75, 3.05) is 66.9 Å². The van der Waals surface area contributed by atoms with Crippen LogP contribution in [0.25, 0.3) is 10.9 Å². The molecule has 1 fully saturated rings. The summed E-state index contributed by atoms with van der Waals surface area (Å²) in [6, 6.07) is -9.83. The Morgan fingerprint density at radius 1 is 0.492 bits per heavy atom. The first-order chi connectivity index (χ1) is 58.7. The number of primary amides is 1. The van der Waals surface area contributed by atoms with E-state index in [-0.39, 0.29) is 93.3 Å². The maximum atomic E-state index is 14.9. The average molecular weight is 1840 g/mol. The Kier molecular flexibility index (Phi) is 46.8. The largest absolute Gasteiger partial charge is 0.508 e. The number of aliphatic carboxylic acids is 3. The summed E-state index contributed by atoms with van der Waals surface area (Å²) in [6.07, 6.45) is 5.38. The predicted molar refractivity (Wildman–Crippen MR) is 470 cm³/mol. The number of rotatable bonds is 57. The smallest absolute Gasteiger partial charge is 0.326 e. The average Bonchev–Trinajstić information content (AvgIpc) is 1.64. The van der Waals surface area contributed by atoms with Gasteiger partial charge in [-0.15, -0.1) is 0 Å². The van der Waals surface area contributed by atoms with Crippen molar-refractivity contribution in [3.8, 4) is 5.75 Å². The van der Waals surface area contributed by atoms with Gasteiger partial charge in [-0.3, -0.25) is 81.5 Å². The third-order valence-electron chi connectivity index (χ3n) is 19.8. The Balaban J connectivity index is 1.51. The van der Waals surface area contributed by atoms with Crippen molar-refractivity contribution >= 4 is 177 Å². The number of amides is 15. The number of carbonyl (C=O) groups excluding carboxylic acids is 15. The fraction of sp³-hybridized carbons (Fsp3) is 0.595. The molecular weight excluding hydrogens is 1720 g/mol. The number of aromatic amines is 1. The minimum absolute atomic E-state index is 0.0412. The zero-order valence-corrected chi connectivity index (χ0v) is 74.8. The number of likely N-dealkylation sites (tertiary alicyclic amines) is 1. The van der Waals surface area contributed by atoms with Gasteiger partial charge in [0.1, 0.15) is 90.3 Å². The highest BCUT2D eigenvalue weighted by Crippen LogP contribution is 2.24. The second-order valence-electron chi connectivity index (χ2n) is 30.4. The SMILES string of the molecule is CSCC[C@H](NC(=O)[C@H](CCC(=O)O)NC(=O)[C@H](Cc1c[nH]c2ccccc12)NC(=O)[C@@H]1CCCN1C(=O)[C@H](CC(=O)O)NC(=O)[C@@H](N)CCSC)C(=O)N[C@@H](CCSC)C(=O)N[C@@H](CCSC)C(=O)N[C@H](C(=O)N[C@@H](CO)C(=O)N[C@@H](CC(C)C)C(=O)N[C@@H](C)C(=O)N[C@@H](CS)C(=O)N[C@@H](CCC(N)=O)C(=O)N[C@@H](Cc1ccc(O)cc1)C(=O)O)C(C)C. The molecule has 15 amide bonds. The van der Waals surface area contributed by atoms with Gasteiger partial charge in [0.25, 0.3) is 0 Å². The summed E-state index contributed by atoms with van der Waals surface area (Å²) in [4.78, 5) is 251. The summed E-state index contributed by atoms with van der Waals surface area (Å²) >= 11 is 9.48. The van der Waals surface area contributed by atoms with Crippen LogP contribution in [0.5, 0.6) is 5.75 Å². The normalized spacial score (nSPS) is 15.9. The molecule has 2 aromatic carbocycles. The van der Waals surface area contributed by atoms with Gasteiger partial charge in [0.05, 0.1) is 19.1 Å². The van der Waals surface area contributed by atoms with E-state index in [1.807, 2.05) is 0 Å². The number of aliphatic hydroxyl groups excluding tert-OH is 1. The molecule has 15 atom stereocenters. The van der Waals surface area contributed by atoms with Gasteiger partial charge in [0.2, 0.25) is 88.6 Å². The molecule has 1 saturated heterocycles. The van der Waals surface area contributed by atoms with Crippen molar-refractivity contribution < 1.29 is 112 Å². The van der Waals surface area contributed by atoms with E-state index in [4.69, 9.17) is 11.5 Å². The van der Waals surface area contributed by atoms with Gasteiger partial charge >= 0.3 is 17.9 Å². The number of hydrogen-bond acceptors (Lipinski definition) is 26. The number of phenols is 1. The number of thioether (sulfide) groups is 4. The molecule has 2 heterocycles. The van der Waals surface area contributed by atoms with Gasteiger partial charge in [-0.05, 0) is 154 Å². The second-order valence-corrected chi connectivity index (χ2v) is 34.7. The Hall–Kier alpha value is -10.1. The van der Waals surface area contributed by atoms with Gasteiger partial charge in [-0.1, -0.05) is 58.0 Å². The molecule has 0 unspecified atom stereocenters. The molecule has 1 aliphatic heterocycles. The Labute approximate surface area is 740 Å². The number of aromatic nitrogens is 1. The third kappa shape index (κ3) is 35.9. The Morgan fingerprint density at radius 2 is 0.944 bits per heavy atom. The summed E-state index contributed by atoms with van der Waals surface area (Å²) in [6.45, 7) is 6.65. The fourth-order valence-corrected chi connectivity index (χ4v) is 15.1. The lowest BCUT2D eigenvalue weighted by molar-refractivity contribution is -0.146. The molecule has 40 nitrogen and oxygen atoms in total. The molecule has 688 valence electrons. The zero-order chi connectivity index (χ0) is 92.6. The lowest BCUT2D eigenvalue weighted by Gasteiger charge is -2.30. The number of fused-ring (bicyclic) bond motifs is 1. The summed E-state index contributed by atoms with van der Waals surface area (Å²) in [5.74, 6) is -18.7. The first-order valence-electron chi connectivity index (χ1n) is 40.2. The van der Waals surface area contributed by atoms with E-state index in [1.54, 1.807) is 83.2 Å². The number of thiol groups is 1. The lowest BCUT2D eigenvalue weighted by atomic mass is 10.0. The van der Waals surface area contributed by atoms with E-state index >= 15 is 0 Å². The van der Waals surface area contributed by atoms with E-state index in [0.717, 1.165) is 4.90 Å². The molecule has 1 aromatic heterocycles. The number of nitrogens with two attached hydrogens (primary N) is 2. The molecule has 0 saturated carbocycles. The van der Waals surface area contributed by atoms with Crippen LogP contribution in [-0.4, -0.2) is 299 Å². The molecule has 45 heteroatoms. The molecule has 1 aliphatic rings. The second kappa shape index (κ2) is 54.6. The Bertz CT molecular complexity index is 4170. The molecule has 0 radical (unpaired) electrons. The van der Waals surface area contributed by atoms with Crippen LogP contribution in [0.4, 0.5) is 0 Å². The van der Waals surface area contributed by atoms with Crippen LogP contribution < -0.4 is 80.6 Å². The number of H-pyrrole nitrogens is 1. The molecule has 3 aromatic rings. The molecule has 124 heavy (non-hydrogen) atoms. The molecule has 0 spiro atoms. The van der Waals surface area contributed by atoms with Crippen LogP contribution in [0.15, 0.2) is 54.7 Å². The van der Waals surface area contributed by atoms with E-state index < -0.39 is 248 Å². The molecule has 0 bridgehead atoms. The molecule has 23 N–H and O–H groups in total. The van der Waals surface area contributed by atoms with E-state index in [0.29, 0.717) is 27.8 Å². The van der Waals surface area contributed by atoms with Crippen molar-refractivity contribution in [1.82, 2.24) is 79.0 Å². The highest BCUT2D eigenvalue weighted by Gasteiger charge is 2.43. The van der Waals surface area contributed by atoms with Crippen molar-refractivity contribution in [2.45, 2.75) is 215 Å². The predicted octanol–water partition coefficient (Wildman–Crippen LogP) is -2.37. The number of carboxylic acid groups (broad SMARTS) is 3. The number of hydrogen-bond donors (Lipinski definition) is 22. The molecule has 0 aliphatic carbocycles. The van der Waals surface area contributed by atoms with Gasteiger partial charge in [0, 0.05) is 55.1 Å². The van der Waals surface area contributed by atoms with E-state index in [1.165, 1.54) is 78.2 Å². The first-order valence-corrected chi connectivity index (χ1v) is 46.4. The maximum absolute atomic E-state index is 14.9. The van der Waals surface area contributed by atoms with Gasteiger partial charge in [0.15, 0.2) is 0 Å². The van der Waals surface area contributed by atoms with Gasteiger partial charge in [-0.25, -0.2) is 4.79 Å². The highest BCUT2D eigenvalue weighted by atomic mass is 32.2. The number of aromatic hydroxyl groups is 1. The monoisotopic (exact) mass is 1830 g/mol. The number of phenolic OH excluding ortho intramolecular Hbond substituents is 1. The van der Waals surface area contributed by atoms with Crippen LogP contribution in [0, 0.1) is 11.8 Å². The first kappa shape index (κ1) is 106. The summed E-state index contributed by atoms with van der Waals surface area (Å²) in [5, 5.41) is 83.3. The number of nitrogens with zero attached hydrogens (tertiary/aromatic N) is 1. The van der Waals surface area contributed by atoms with Gasteiger partial charge < -0.3 is 116 Å². The number of aliphatic hydroxyl groups is 1. The minimum atomic E-state index is -1.78. The number of benzene rings is 2. The topological polar surface area (TPSA) is 636 Å². The molecule has 4 rings (SSSR count). The Morgan fingerprint density at radius 3 is 1.44 bits per heavy atom. The minimum Gasteiger partial charge on any atom is -0.508 e. The van der Waals surface area contributed by atoms with Crippen LogP contribution in [0.3, 0.4) is 0 Å². The summed E-state index contributed by atoms with van der Waals surface area (Å²) in [5.41, 5.74) is 13.0. The number of carbonyl (C=O) groups is 18. The number of para-hydroxylation sites is 1. The standard InChI is InChI=1S/C79H119N17O23S5/c1-40(2)33-54(72(111)83-42(5)65(104)94-59(39-120)75(114)85-49(20-22-61(81)99)68(107)92-57(79(118)119)34-43-16-18-45(98)19-17-43)89-74(113)58(38-97)93-77(116)64(41(3)4)95-71(110)53(27-32-124-9)88-70(109)52(26-31-123-8)87-69(108)51(25-30-122-7)86-67(106)50(21-23-62(100)101)84-73(112)55(35-44-37-82-48-14-11-10-13-46(44)48)90-76(115)60-15-12-28-96(60)78(117)56(36-63(102)103)91-66(105)47(80)24-29-121-6/h10-11,13-14,16-19,37,40-42,47,49-60,64,82,97-98,120H,12,15,20-36,38-39,80H2,1-9H3,(H2,81,99)(H,83,111)(H,84,112)(H,85,114)(H,86,106)(H,87,108)(H,88,109)(H,89,113)(H,90,115)(H,91,105)(H,92,107)(H,93,116)(H,94,104)(H,95,110)(H,100,101)(H,102,103)(H,118,119)/t42-,47-,49-,50-,51-,52-,53-,54-,55-,56-,57-,58-,59-,60-,64-/m0/s1. The van der Waals surface area contributed by atoms with Crippen molar-refractivity contribution in [3.05, 3.63) is 65.9 Å². The van der Waals surface area contributed by atoms with Crippen LogP contribution in [0.2, 0.25) is 0 Å². The summed E-state index contributed by atoms with van der Waals surface area (Å²) < 4.78 is 0. The highest BCUT2D eigenvalue weighted by molar-refractivity contribution is 7.99. The molecular formula is C79H119N17O23S5. The number of nitrogens with one attached hydrogen (secondary N) is 14. The maximum Gasteiger partial charge on any atom is 0.326 e. The van der Waals surface area contributed by atoms with Crippen LogP contribution >= 0.6 is 59.7 Å². The summed E-state index contributed by atoms with van der Waals surface area (Å²) in [7, 11) is 0. The van der Waals surface area contributed by atoms with E-state index in [9.17, 15) is 112 Å². The van der Waals surface area contributed by atoms with Crippen LogP contribution in [-0.2, 0) is 99.1 Å². The quantitative estimate of drug-likeness (QED) is 0.0263. The third-order valence-corrected chi connectivity index (χ3v) is 22.8. The van der Waals surface area contributed by atoms with Crippen molar-refractivity contribution in [3.63, 3.8) is 0 Å². The van der Waals surface area contributed by atoms with Gasteiger partial charge in [-0.2, -0.15) is 59.7 Å². The number of carboxylic acids is 3. The van der Waals surface area contributed by atoms with E-state index in [2.05, 4.69) is 86.7 Å². The zero-order valence-electron chi connectivity index (χ0n) is 70.6. The lowest BCUT2D eigenvalue weighted by Crippen LogP contribution is -2.62. The van der Waals surface area contributed by atoms with Crippen molar-refractivity contribution in [2.24, 2.45) is 23.3 Å². The fourth-order valence-electron chi connectivity index (χ4n) is 12.9. The van der Waals surface area contributed by atoms with Crippen LogP contribution in [0.1, 0.15) is 123 Å². The van der Waals surface area contributed by atoms with Crippen molar-refractivity contribution in [1.29, 1.82) is 0 Å².